The van der Waals surface area contributed by atoms with Crippen molar-refractivity contribution in [2.45, 2.75) is 131 Å². The van der Waals surface area contributed by atoms with Crippen LogP contribution in [0, 0.1) is 65.1 Å². The summed E-state index contributed by atoms with van der Waals surface area (Å²) in [5.41, 5.74) is 0.916. The Hall–Kier alpha value is -1.46. The Balaban J connectivity index is 1.76. The van der Waals surface area contributed by atoms with Gasteiger partial charge in [-0.25, -0.2) is 14.4 Å². The molecule has 0 amide bonds. The third kappa shape index (κ3) is 22.1. The summed E-state index contributed by atoms with van der Waals surface area (Å²) < 4.78 is 92.4. The van der Waals surface area contributed by atoms with Gasteiger partial charge in [0, 0.05) is 7.14 Å². The van der Waals surface area contributed by atoms with Gasteiger partial charge in [-0.15, -0.1) is 0 Å². The molecule has 3 aromatic rings. The molecule has 0 saturated carbocycles. The highest BCUT2D eigenvalue weighted by Crippen LogP contribution is 2.43. The molecule has 5 rings (SSSR count). The van der Waals surface area contributed by atoms with Gasteiger partial charge in [-0.1, -0.05) is 69.2 Å². The topological polar surface area (TPSA) is 266 Å². The summed E-state index contributed by atoms with van der Waals surface area (Å²) in [5, 5.41) is 0. The standard InChI is InChI=1S/C57H64I8O22/c1-24(2)51(69)77-18-38-46(81-40(66)20-74-44-34(62)14-30(58)15-35(44)63)48(82-41(67)21-75-45-36(64)16-31(59)17-37(45)65)49(85-55(73)28(9)10)56(80-38)87-57(23-79-53(71)26(5)6)50(83-42(68)22-76-43-32(60)12-29(11)13-33(43)61)47(84-54(72)27(7)8)39(86-57)19-78-52(70)25(3)4/h12-17,24-28,38-39,46-50,56H,18-23H2,1-11H3/t38-,39-,46-,47-,48+,49-,50+,56-,57+/m1/s1. The molecule has 0 unspecified atom stereocenters. The number of rotatable bonds is 27. The van der Waals surface area contributed by atoms with Crippen LogP contribution in [0.1, 0.15) is 74.8 Å². The molecule has 3 aromatic carbocycles. The van der Waals surface area contributed by atoms with Gasteiger partial charge in [0.1, 0.15) is 49.3 Å². The van der Waals surface area contributed by atoms with Crippen LogP contribution in [0.3, 0.4) is 0 Å². The molecule has 0 aromatic heterocycles. The Morgan fingerprint density at radius 3 is 1.21 bits per heavy atom. The fraction of sp³-hybridized carbons (Fsp3) is 0.544. The minimum atomic E-state index is -2.76. The van der Waals surface area contributed by atoms with Gasteiger partial charge in [0.2, 0.25) is 12.1 Å². The van der Waals surface area contributed by atoms with E-state index in [9.17, 15) is 38.4 Å². The molecule has 2 heterocycles. The zero-order valence-electron chi connectivity index (χ0n) is 48.7. The van der Waals surface area contributed by atoms with E-state index >= 15 is 0 Å². The fourth-order valence-corrected chi connectivity index (χ4v) is 18.0. The second-order valence-corrected chi connectivity index (χ2v) is 30.7. The third-order valence-corrected chi connectivity index (χ3v) is 18.3. The van der Waals surface area contributed by atoms with Crippen molar-refractivity contribution in [1.82, 2.24) is 0 Å². The number of ether oxygens (including phenoxy) is 14. The Labute approximate surface area is 613 Å². The fourth-order valence-electron chi connectivity index (χ4n) is 7.85. The molecule has 2 saturated heterocycles. The summed E-state index contributed by atoms with van der Waals surface area (Å²) in [6.45, 7) is 12.5. The molecule has 0 radical (unpaired) electrons. The second kappa shape index (κ2) is 35.2. The van der Waals surface area contributed by atoms with E-state index < -0.39 is 172 Å². The molecular weight excluding hydrogens is 2050 g/mol. The third-order valence-electron chi connectivity index (χ3n) is 12.3. The maximum Gasteiger partial charge on any atom is 0.344 e. The number of esters is 8. The number of carbonyl (C=O) groups is 8. The highest BCUT2D eigenvalue weighted by atomic mass is 127. The van der Waals surface area contributed by atoms with Gasteiger partial charge in [-0.2, -0.15) is 0 Å². The lowest BCUT2D eigenvalue weighted by atomic mass is 9.97. The Morgan fingerprint density at radius 1 is 0.437 bits per heavy atom. The van der Waals surface area contributed by atoms with E-state index in [4.69, 9.17) is 66.3 Å². The Morgan fingerprint density at radius 2 is 0.793 bits per heavy atom. The Kier molecular flexibility index (Phi) is 30.8. The van der Waals surface area contributed by atoms with Crippen molar-refractivity contribution in [3.63, 3.8) is 0 Å². The highest BCUT2D eigenvalue weighted by molar-refractivity contribution is 14.1. The monoisotopic (exact) mass is 2120 g/mol. The van der Waals surface area contributed by atoms with E-state index in [1.165, 1.54) is 41.5 Å². The highest BCUT2D eigenvalue weighted by Gasteiger charge is 2.65. The van der Waals surface area contributed by atoms with Crippen molar-refractivity contribution in [2.75, 3.05) is 39.6 Å². The SMILES string of the molecule is Cc1cc(I)c(OCC(=O)O[C@H]2[C@H](OC(=O)C(C)C)[C@@H](COC(=O)C(C)C)O[C@@]2(COC(=O)C(C)C)O[C@H]2O[C@H](COC(=O)C(C)C)[C@@H](OC(=O)COc3c(I)cc(I)cc3I)[C@H](OC(=O)COc3c(I)cc(I)cc3I)[C@H]2OC(=O)C(C)C)c(I)c1. The maximum atomic E-state index is 14.5. The molecule has 87 heavy (non-hydrogen) atoms. The lowest BCUT2D eigenvalue weighted by molar-refractivity contribution is -0.385. The van der Waals surface area contributed by atoms with Crippen LogP contribution in [0.25, 0.3) is 0 Å². The molecule has 9 atom stereocenters. The summed E-state index contributed by atoms with van der Waals surface area (Å²) in [4.78, 5) is 112. The summed E-state index contributed by atoms with van der Waals surface area (Å²) in [7, 11) is 0. The average molecular weight is 2120 g/mol. The van der Waals surface area contributed by atoms with Crippen molar-refractivity contribution >= 4 is 228 Å². The van der Waals surface area contributed by atoms with Crippen molar-refractivity contribution < 1.29 is 105 Å². The molecule has 480 valence electrons. The van der Waals surface area contributed by atoms with Gasteiger partial charge in [0.25, 0.3) is 0 Å². The molecule has 0 aliphatic carbocycles. The summed E-state index contributed by atoms with van der Waals surface area (Å²) >= 11 is 16.6. The molecule has 2 aliphatic rings. The minimum absolute atomic E-state index is 0.329. The lowest BCUT2D eigenvalue weighted by Crippen LogP contribution is -2.66. The van der Waals surface area contributed by atoms with E-state index in [1.807, 2.05) is 43.3 Å². The van der Waals surface area contributed by atoms with E-state index in [0.29, 0.717) is 38.7 Å². The maximum absolute atomic E-state index is 14.5. The van der Waals surface area contributed by atoms with Gasteiger partial charge < -0.3 is 66.3 Å². The number of hydrogen-bond acceptors (Lipinski definition) is 22. The van der Waals surface area contributed by atoms with Crippen LogP contribution < -0.4 is 14.2 Å². The second-order valence-electron chi connectivity index (χ2n) is 21.2. The summed E-state index contributed by atoms with van der Waals surface area (Å²) in [6.07, 6.45) is -15.2. The first-order valence-electron chi connectivity index (χ1n) is 26.9. The molecule has 0 bridgehead atoms. The van der Waals surface area contributed by atoms with E-state index in [0.717, 1.165) is 12.7 Å². The number of aryl methyl sites for hydroxylation is 1. The molecule has 30 heteroatoms. The van der Waals surface area contributed by atoms with Crippen molar-refractivity contribution in [1.29, 1.82) is 0 Å². The first-order chi connectivity index (χ1) is 40.7. The number of halogens is 8. The summed E-state index contributed by atoms with van der Waals surface area (Å²) in [6, 6.07) is 11.0. The molecule has 22 nitrogen and oxygen atoms in total. The average Bonchev–Trinajstić information content (AvgIpc) is 1.69. The predicted molar refractivity (Wildman–Crippen MR) is 376 cm³/mol. The quantitative estimate of drug-likeness (QED) is 0.0390. The molecule has 2 fully saturated rings. The van der Waals surface area contributed by atoms with E-state index in [1.54, 1.807) is 27.7 Å². The summed E-state index contributed by atoms with van der Waals surface area (Å²) in [5.74, 6) is -13.1. The molecule has 0 spiro atoms. The minimum Gasteiger partial charge on any atom is -0.480 e. The van der Waals surface area contributed by atoms with Crippen LogP contribution >= 0.6 is 181 Å². The molecule has 0 N–H and O–H groups in total. The number of benzene rings is 3. The lowest BCUT2D eigenvalue weighted by Gasteiger charge is -2.47. The predicted octanol–water partition coefficient (Wildman–Crippen LogP) is 10.7. The zero-order chi connectivity index (χ0) is 64.9. The van der Waals surface area contributed by atoms with Crippen molar-refractivity contribution in [3.8, 4) is 17.2 Å². The van der Waals surface area contributed by atoms with Crippen LogP contribution in [-0.2, 0) is 90.5 Å². The number of carbonyl (C=O) groups excluding carboxylic acids is 8. The Bertz CT molecular complexity index is 2920. The first kappa shape index (κ1) is 76.3. The van der Waals surface area contributed by atoms with Crippen LogP contribution in [0.5, 0.6) is 17.2 Å². The normalized spacial score (nSPS) is 21.7. The van der Waals surface area contributed by atoms with Gasteiger partial charge in [0.05, 0.1) is 51.0 Å². The van der Waals surface area contributed by atoms with E-state index in [-0.39, 0.29) is 0 Å². The molecule has 2 aliphatic heterocycles. The van der Waals surface area contributed by atoms with Crippen LogP contribution in [-0.4, -0.2) is 142 Å². The van der Waals surface area contributed by atoms with Crippen LogP contribution in [0.2, 0.25) is 0 Å². The smallest absolute Gasteiger partial charge is 0.344 e. The van der Waals surface area contributed by atoms with Gasteiger partial charge in [-0.3, -0.25) is 24.0 Å². The van der Waals surface area contributed by atoms with Crippen molar-refractivity contribution in [3.05, 3.63) is 70.5 Å². The number of hydrogen-bond donors (Lipinski definition) is 0. The largest absolute Gasteiger partial charge is 0.480 e. The van der Waals surface area contributed by atoms with Gasteiger partial charge in [0.15, 0.2) is 50.3 Å². The van der Waals surface area contributed by atoms with Crippen LogP contribution in [0.15, 0.2) is 36.4 Å². The van der Waals surface area contributed by atoms with E-state index in [2.05, 4.69) is 181 Å². The molecular formula is C57H64I8O22. The van der Waals surface area contributed by atoms with Gasteiger partial charge >= 0.3 is 47.8 Å². The van der Waals surface area contributed by atoms with Gasteiger partial charge in [-0.05, 0) is 230 Å². The van der Waals surface area contributed by atoms with Crippen LogP contribution in [0.4, 0.5) is 0 Å². The first-order valence-corrected chi connectivity index (χ1v) is 35.5. The zero-order valence-corrected chi connectivity index (χ0v) is 66.0. The van der Waals surface area contributed by atoms with Crippen molar-refractivity contribution in [2.24, 2.45) is 29.6 Å².